The van der Waals surface area contributed by atoms with Crippen LogP contribution >= 0.6 is 0 Å². The van der Waals surface area contributed by atoms with E-state index in [4.69, 9.17) is 4.74 Å². The van der Waals surface area contributed by atoms with Crippen molar-refractivity contribution in [3.8, 4) is 5.75 Å². The Labute approximate surface area is 130 Å². The fourth-order valence-corrected chi connectivity index (χ4v) is 2.25. The molecule has 4 nitrogen and oxygen atoms in total. The molecule has 0 bridgehead atoms. The van der Waals surface area contributed by atoms with E-state index in [1.54, 1.807) is 31.4 Å². The number of aliphatic hydroxyl groups excluding tert-OH is 1. The Kier molecular flexibility index (Phi) is 5.55. The summed E-state index contributed by atoms with van der Waals surface area (Å²) in [6.07, 6.45) is -0.126. The highest BCUT2D eigenvalue weighted by atomic mass is 16.5. The highest BCUT2D eigenvalue weighted by molar-refractivity contribution is 5.94. The summed E-state index contributed by atoms with van der Waals surface area (Å²) in [5.41, 5.74) is 1.43. The first-order chi connectivity index (χ1) is 10.6. The number of hydrogen-bond acceptors (Lipinski definition) is 3. The van der Waals surface area contributed by atoms with E-state index in [1.807, 2.05) is 37.3 Å². The molecule has 0 aliphatic carbocycles. The predicted molar refractivity (Wildman–Crippen MR) is 85.9 cm³/mol. The molecule has 2 N–H and O–H groups in total. The van der Waals surface area contributed by atoms with Gasteiger partial charge in [-0.05, 0) is 43.2 Å². The minimum Gasteiger partial charge on any atom is -0.497 e. The largest absolute Gasteiger partial charge is 0.497 e. The number of benzene rings is 2. The van der Waals surface area contributed by atoms with E-state index in [-0.39, 0.29) is 11.9 Å². The lowest BCUT2D eigenvalue weighted by atomic mass is 10.0. The molecule has 2 aromatic rings. The third kappa shape index (κ3) is 4.33. The molecule has 0 fully saturated rings. The summed E-state index contributed by atoms with van der Waals surface area (Å²) < 4.78 is 5.07. The topological polar surface area (TPSA) is 58.6 Å². The fourth-order valence-electron chi connectivity index (χ4n) is 2.25. The number of amides is 1. The number of ether oxygens (including phenoxy) is 1. The van der Waals surface area contributed by atoms with Crippen LogP contribution in [-0.4, -0.2) is 24.2 Å². The van der Waals surface area contributed by atoms with Crippen LogP contribution in [0.15, 0.2) is 54.6 Å². The highest BCUT2D eigenvalue weighted by Gasteiger charge is 2.15. The molecule has 0 spiro atoms. The van der Waals surface area contributed by atoms with Crippen molar-refractivity contribution < 1.29 is 14.6 Å². The molecule has 0 aromatic heterocycles. The summed E-state index contributed by atoms with van der Waals surface area (Å²) in [6.45, 7) is 1.88. The lowest BCUT2D eigenvalue weighted by molar-refractivity contribution is 0.0917. The second kappa shape index (κ2) is 7.61. The van der Waals surface area contributed by atoms with E-state index in [9.17, 15) is 9.90 Å². The van der Waals surface area contributed by atoms with Crippen molar-refractivity contribution in [2.75, 3.05) is 7.11 Å². The van der Waals surface area contributed by atoms with Gasteiger partial charge in [0.05, 0.1) is 13.2 Å². The van der Waals surface area contributed by atoms with Gasteiger partial charge in [-0.3, -0.25) is 4.79 Å². The van der Waals surface area contributed by atoms with Crippen molar-refractivity contribution in [1.29, 1.82) is 0 Å². The van der Waals surface area contributed by atoms with Crippen molar-refractivity contribution in [2.24, 2.45) is 0 Å². The molecule has 2 unspecified atom stereocenters. The molecule has 4 heteroatoms. The number of carbonyl (C=O) groups excluding carboxylic acids is 1. The van der Waals surface area contributed by atoms with Crippen LogP contribution in [-0.2, 0) is 0 Å². The minimum absolute atomic E-state index is 0.134. The van der Waals surface area contributed by atoms with Crippen LogP contribution in [0.2, 0.25) is 0 Å². The Balaban J connectivity index is 1.90. The first kappa shape index (κ1) is 16.0. The monoisotopic (exact) mass is 299 g/mol. The van der Waals surface area contributed by atoms with Crippen molar-refractivity contribution in [3.05, 3.63) is 65.7 Å². The Morgan fingerprint density at radius 2 is 1.77 bits per heavy atom. The Morgan fingerprint density at radius 3 is 2.36 bits per heavy atom. The summed E-state index contributed by atoms with van der Waals surface area (Å²) in [7, 11) is 1.59. The van der Waals surface area contributed by atoms with Crippen molar-refractivity contribution in [3.63, 3.8) is 0 Å². The zero-order valence-electron chi connectivity index (χ0n) is 12.8. The molecule has 2 aromatic carbocycles. The fraction of sp³-hybridized carbons (Fsp3) is 0.278. The number of nitrogens with one attached hydrogen (secondary N) is 1. The van der Waals surface area contributed by atoms with Crippen LogP contribution in [0.3, 0.4) is 0 Å². The maximum absolute atomic E-state index is 12.1. The number of hydrogen-bond donors (Lipinski definition) is 2. The third-order valence-corrected chi connectivity index (χ3v) is 3.49. The van der Waals surface area contributed by atoms with Crippen LogP contribution in [0.1, 0.15) is 35.4 Å². The van der Waals surface area contributed by atoms with Gasteiger partial charge in [-0.2, -0.15) is 0 Å². The van der Waals surface area contributed by atoms with Gasteiger partial charge in [-0.1, -0.05) is 30.3 Å². The Morgan fingerprint density at radius 1 is 1.14 bits per heavy atom. The molecule has 1 amide bonds. The number of methoxy groups -OCH3 is 1. The van der Waals surface area contributed by atoms with Gasteiger partial charge in [-0.15, -0.1) is 0 Å². The van der Waals surface area contributed by atoms with E-state index in [1.165, 1.54) is 0 Å². The maximum atomic E-state index is 12.1. The van der Waals surface area contributed by atoms with E-state index < -0.39 is 6.10 Å². The van der Waals surface area contributed by atoms with Gasteiger partial charge in [0.2, 0.25) is 0 Å². The lowest BCUT2D eigenvalue weighted by Crippen LogP contribution is -2.33. The molecule has 2 atom stereocenters. The second-order valence-electron chi connectivity index (χ2n) is 5.27. The molecule has 0 heterocycles. The average molecular weight is 299 g/mol. The lowest BCUT2D eigenvalue weighted by Gasteiger charge is -2.18. The molecule has 0 radical (unpaired) electrons. The smallest absolute Gasteiger partial charge is 0.251 e. The van der Waals surface area contributed by atoms with E-state index in [0.29, 0.717) is 17.7 Å². The number of rotatable bonds is 6. The molecule has 2 rings (SSSR count). The number of carbonyl (C=O) groups is 1. The van der Waals surface area contributed by atoms with Crippen molar-refractivity contribution >= 4 is 5.91 Å². The normalized spacial score (nSPS) is 13.2. The molecular formula is C18H21NO3. The van der Waals surface area contributed by atoms with Crippen LogP contribution in [0.5, 0.6) is 5.75 Å². The molecule has 116 valence electrons. The summed E-state index contributed by atoms with van der Waals surface area (Å²) in [6, 6.07) is 16.2. The first-order valence-electron chi connectivity index (χ1n) is 7.28. The quantitative estimate of drug-likeness (QED) is 0.862. The average Bonchev–Trinajstić information content (AvgIpc) is 2.55. The summed E-state index contributed by atoms with van der Waals surface area (Å²) >= 11 is 0. The minimum atomic E-state index is -0.590. The second-order valence-corrected chi connectivity index (χ2v) is 5.27. The molecule has 0 saturated carbocycles. The van der Waals surface area contributed by atoms with Gasteiger partial charge in [0.15, 0.2) is 0 Å². The molecule has 0 aliphatic heterocycles. The van der Waals surface area contributed by atoms with E-state index in [2.05, 4.69) is 5.32 Å². The number of aliphatic hydroxyl groups is 1. The molecule has 0 aliphatic rings. The molecule has 22 heavy (non-hydrogen) atoms. The van der Waals surface area contributed by atoms with Gasteiger partial charge < -0.3 is 15.2 Å². The zero-order chi connectivity index (χ0) is 15.9. The first-order valence-corrected chi connectivity index (χ1v) is 7.28. The Hall–Kier alpha value is -2.33. The van der Waals surface area contributed by atoms with Gasteiger partial charge >= 0.3 is 0 Å². The summed E-state index contributed by atoms with van der Waals surface area (Å²) in [5, 5.41) is 13.1. The van der Waals surface area contributed by atoms with Crippen molar-refractivity contribution in [1.82, 2.24) is 5.32 Å². The molecular weight excluding hydrogens is 278 g/mol. The summed E-state index contributed by atoms with van der Waals surface area (Å²) in [4.78, 5) is 12.1. The van der Waals surface area contributed by atoms with Gasteiger partial charge in [0, 0.05) is 11.6 Å². The van der Waals surface area contributed by atoms with Crippen LogP contribution < -0.4 is 10.1 Å². The van der Waals surface area contributed by atoms with E-state index >= 15 is 0 Å². The molecule has 0 saturated heterocycles. The van der Waals surface area contributed by atoms with Crippen LogP contribution in [0, 0.1) is 0 Å². The van der Waals surface area contributed by atoms with Crippen LogP contribution in [0.4, 0.5) is 0 Å². The predicted octanol–water partition coefficient (Wildman–Crippen LogP) is 2.94. The van der Waals surface area contributed by atoms with E-state index in [0.717, 1.165) is 5.56 Å². The third-order valence-electron chi connectivity index (χ3n) is 3.49. The zero-order valence-corrected chi connectivity index (χ0v) is 12.8. The standard InChI is InChI=1S/C18H21NO3/c1-13(12-17(20)14-6-4-3-5-7-14)19-18(21)15-8-10-16(22-2)11-9-15/h3-11,13,17,20H,12H2,1-2H3,(H,19,21). The summed E-state index contributed by atoms with van der Waals surface area (Å²) in [5.74, 6) is 0.555. The SMILES string of the molecule is COc1ccc(C(=O)NC(C)CC(O)c2ccccc2)cc1. The maximum Gasteiger partial charge on any atom is 0.251 e. The van der Waals surface area contributed by atoms with Gasteiger partial charge in [-0.25, -0.2) is 0 Å². The van der Waals surface area contributed by atoms with Gasteiger partial charge in [0.1, 0.15) is 5.75 Å². The van der Waals surface area contributed by atoms with Crippen molar-refractivity contribution in [2.45, 2.75) is 25.5 Å². The van der Waals surface area contributed by atoms with Crippen LogP contribution in [0.25, 0.3) is 0 Å². The van der Waals surface area contributed by atoms with Gasteiger partial charge in [0.25, 0.3) is 5.91 Å². The Bertz CT molecular complexity index is 595. The highest BCUT2D eigenvalue weighted by Crippen LogP contribution is 2.18.